The smallest absolute Gasteiger partial charge is 0.347 e. The number of thiazole rings is 1. The van der Waals surface area contributed by atoms with Gasteiger partial charge in [-0.3, -0.25) is 0 Å². The molecular formula is C10H10N2O4S3. The summed E-state index contributed by atoms with van der Waals surface area (Å²) in [6.45, 7) is 1.92. The highest BCUT2D eigenvalue weighted by molar-refractivity contribution is 7.89. The third kappa shape index (κ3) is 3.18. The molecule has 6 nitrogen and oxygen atoms in total. The van der Waals surface area contributed by atoms with E-state index in [0.717, 1.165) is 21.2 Å². The van der Waals surface area contributed by atoms with E-state index >= 15 is 0 Å². The van der Waals surface area contributed by atoms with Crippen molar-refractivity contribution in [3.05, 3.63) is 32.4 Å². The van der Waals surface area contributed by atoms with Gasteiger partial charge in [-0.25, -0.2) is 22.9 Å². The number of hydrogen-bond donors (Lipinski definition) is 2. The maximum Gasteiger partial charge on any atom is 0.347 e. The van der Waals surface area contributed by atoms with Crippen molar-refractivity contribution in [2.45, 2.75) is 18.4 Å². The second-order valence-corrected chi connectivity index (χ2v) is 7.56. The Balaban J connectivity index is 2.18. The number of thiophene rings is 1. The summed E-state index contributed by atoms with van der Waals surface area (Å²) in [5.41, 5.74) is 0. The van der Waals surface area contributed by atoms with Crippen LogP contribution in [0.5, 0.6) is 0 Å². The van der Waals surface area contributed by atoms with Crippen LogP contribution in [0.3, 0.4) is 0 Å². The van der Waals surface area contributed by atoms with Crippen molar-refractivity contribution >= 4 is 38.7 Å². The molecule has 9 heteroatoms. The molecule has 0 saturated carbocycles. The lowest BCUT2D eigenvalue weighted by Crippen LogP contribution is -2.23. The lowest BCUT2D eigenvalue weighted by Gasteiger charge is -2.04. The fourth-order valence-corrected chi connectivity index (χ4v) is 4.49. The number of rotatable bonds is 5. The molecule has 0 aliphatic rings. The minimum Gasteiger partial charge on any atom is -0.477 e. The number of carboxylic acids is 1. The summed E-state index contributed by atoms with van der Waals surface area (Å²) in [7, 11) is -3.82. The second kappa shape index (κ2) is 5.37. The number of hydrogen-bond acceptors (Lipinski definition) is 6. The number of aryl methyl sites for hydroxylation is 1. The largest absolute Gasteiger partial charge is 0.477 e. The highest BCUT2D eigenvalue weighted by Gasteiger charge is 2.23. The van der Waals surface area contributed by atoms with Crippen LogP contribution in [-0.2, 0) is 16.6 Å². The molecule has 0 amide bonds. The van der Waals surface area contributed by atoms with Crippen molar-refractivity contribution in [1.82, 2.24) is 9.71 Å². The normalized spacial score (nSPS) is 11.6. The fraction of sp³-hybridized carbons (Fsp3) is 0.200. The molecule has 0 saturated heterocycles. The van der Waals surface area contributed by atoms with Gasteiger partial charge in [-0.15, -0.1) is 22.7 Å². The number of sulfonamides is 1. The molecule has 2 aromatic rings. The SMILES string of the molecule is Cc1ncc(CNS(=O)(=O)c2ccsc2C(=O)O)s1. The van der Waals surface area contributed by atoms with E-state index in [9.17, 15) is 13.2 Å². The van der Waals surface area contributed by atoms with E-state index in [2.05, 4.69) is 9.71 Å². The molecule has 2 heterocycles. The molecule has 0 aliphatic carbocycles. The predicted octanol–water partition coefficient (Wildman–Crippen LogP) is 1.69. The first-order chi connectivity index (χ1) is 8.90. The molecular weight excluding hydrogens is 308 g/mol. The van der Waals surface area contributed by atoms with Crippen LogP contribution in [0.1, 0.15) is 19.6 Å². The first kappa shape index (κ1) is 14.1. The van der Waals surface area contributed by atoms with E-state index in [1.165, 1.54) is 22.8 Å². The average molecular weight is 318 g/mol. The van der Waals surface area contributed by atoms with Gasteiger partial charge in [0.2, 0.25) is 10.0 Å². The van der Waals surface area contributed by atoms with Gasteiger partial charge in [-0.2, -0.15) is 0 Å². The maximum atomic E-state index is 12.0. The van der Waals surface area contributed by atoms with Crippen LogP contribution in [0.25, 0.3) is 0 Å². The zero-order valence-corrected chi connectivity index (χ0v) is 12.2. The Hall–Kier alpha value is -1.29. The molecule has 2 N–H and O–H groups in total. The molecule has 0 bridgehead atoms. The first-order valence-corrected chi connectivity index (χ1v) is 8.30. The molecule has 102 valence electrons. The molecule has 2 aromatic heterocycles. The van der Waals surface area contributed by atoms with Crippen LogP contribution in [0, 0.1) is 6.92 Å². The zero-order chi connectivity index (χ0) is 14.0. The summed E-state index contributed by atoms with van der Waals surface area (Å²) in [4.78, 5) is 15.3. The molecule has 19 heavy (non-hydrogen) atoms. The topological polar surface area (TPSA) is 96.4 Å². The van der Waals surface area contributed by atoms with Gasteiger partial charge < -0.3 is 5.11 Å². The molecule has 0 spiro atoms. The van der Waals surface area contributed by atoms with Crippen LogP contribution < -0.4 is 4.72 Å². The summed E-state index contributed by atoms with van der Waals surface area (Å²) in [5, 5.41) is 11.2. The molecule has 2 rings (SSSR count). The maximum absolute atomic E-state index is 12.0. The summed E-state index contributed by atoms with van der Waals surface area (Å²) in [6.07, 6.45) is 1.59. The number of nitrogens with zero attached hydrogens (tertiary/aromatic N) is 1. The van der Waals surface area contributed by atoms with Crippen LogP contribution >= 0.6 is 22.7 Å². The van der Waals surface area contributed by atoms with E-state index in [1.807, 2.05) is 6.92 Å². The quantitative estimate of drug-likeness (QED) is 0.874. The predicted molar refractivity (Wildman–Crippen MR) is 72.2 cm³/mol. The van der Waals surface area contributed by atoms with E-state index in [-0.39, 0.29) is 16.3 Å². The standard InChI is InChI=1S/C10H10N2O4S3/c1-6-11-4-7(18-6)5-12-19(15,16)8-2-3-17-9(8)10(13)14/h2-4,12H,5H2,1H3,(H,13,14). The number of carbonyl (C=O) groups is 1. The molecule has 0 radical (unpaired) electrons. The van der Waals surface area contributed by atoms with E-state index in [4.69, 9.17) is 5.11 Å². The van der Waals surface area contributed by atoms with Gasteiger partial charge in [0.15, 0.2) is 0 Å². The van der Waals surface area contributed by atoms with Gasteiger partial charge in [-0.1, -0.05) is 0 Å². The van der Waals surface area contributed by atoms with Crippen LogP contribution in [-0.4, -0.2) is 24.5 Å². The third-order valence-corrected chi connectivity index (χ3v) is 5.61. The van der Waals surface area contributed by atoms with E-state index < -0.39 is 16.0 Å². The summed E-state index contributed by atoms with van der Waals surface area (Å²) in [6, 6.07) is 1.29. The monoisotopic (exact) mass is 318 g/mol. The fourth-order valence-electron chi connectivity index (χ4n) is 1.40. The minimum absolute atomic E-state index is 0.0999. The van der Waals surface area contributed by atoms with Crippen molar-refractivity contribution in [1.29, 1.82) is 0 Å². The van der Waals surface area contributed by atoms with Gasteiger partial charge in [0.05, 0.1) is 5.01 Å². The van der Waals surface area contributed by atoms with Crippen molar-refractivity contribution in [2.24, 2.45) is 0 Å². The zero-order valence-electron chi connectivity index (χ0n) is 9.78. The van der Waals surface area contributed by atoms with E-state index in [0.29, 0.717) is 0 Å². The Morgan fingerprint density at radius 1 is 1.53 bits per heavy atom. The summed E-state index contributed by atoms with van der Waals surface area (Å²) < 4.78 is 26.4. The highest BCUT2D eigenvalue weighted by Crippen LogP contribution is 2.22. The first-order valence-electron chi connectivity index (χ1n) is 5.12. The number of aromatic nitrogens is 1. The number of aromatic carboxylic acids is 1. The Morgan fingerprint density at radius 2 is 2.26 bits per heavy atom. The van der Waals surface area contributed by atoms with Gasteiger partial charge in [0.1, 0.15) is 9.77 Å². The second-order valence-electron chi connectivity index (χ2n) is 3.59. The lowest BCUT2D eigenvalue weighted by atomic mass is 10.5. The number of carboxylic acid groups (broad SMARTS) is 1. The molecule has 0 aromatic carbocycles. The van der Waals surface area contributed by atoms with Crippen LogP contribution in [0.2, 0.25) is 0 Å². The van der Waals surface area contributed by atoms with Crippen molar-refractivity contribution in [2.75, 3.05) is 0 Å². The van der Waals surface area contributed by atoms with Crippen molar-refractivity contribution in [3.63, 3.8) is 0 Å². The third-order valence-electron chi connectivity index (χ3n) is 2.22. The van der Waals surface area contributed by atoms with Gasteiger partial charge in [0.25, 0.3) is 0 Å². The molecule has 0 fully saturated rings. The van der Waals surface area contributed by atoms with Gasteiger partial charge in [0, 0.05) is 17.6 Å². The van der Waals surface area contributed by atoms with Gasteiger partial charge >= 0.3 is 5.97 Å². The Labute approximate surface area is 117 Å². The van der Waals surface area contributed by atoms with Gasteiger partial charge in [-0.05, 0) is 18.4 Å². The summed E-state index contributed by atoms with van der Waals surface area (Å²) >= 11 is 2.27. The molecule has 0 atom stereocenters. The van der Waals surface area contributed by atoms with Crippen LogP contribution in [0.4, 0.5) is 0 Å². The molecule has 0 unspecified atom stereocenters. The highest BCUT2D eigenvalue weighted by atomic mass is 32.2. The molecule has 0 aliphatic heterocycles. The summed E-state index contributed by atoms with van der Waals surface area (Å²) in [5.74, 6) is -1.25. The Bertz CT molecular complexity index is 702. The van der Waals surface area contributed by atoms with E-state index in [1.54, 1.807) is 6.20 Å². The Kier molecular flexibility index (Phi) is 3.99. The van der Waals surface area contributed by atoms with Crippen molar-refractivity contribution < 1.29 is 18.3 Å². The Morgan fingerprint density at radius 3 is 2.84 bits per heavy atom. The average Bonchev–Trinajstić information content (AvgIpc) is 2.94. The number of nitrogens with one attached hydrogen (secondary N) is 1. The van der Waals surface area contributed by atoms with Crippen LogP contribution in [0.15, 0.2) is 22.5 Å². The minimum atomic E-state index is -3.82. The van der Waals surface area contributed by atoms with Crippen molar-refractivity contribution in [3.8, 4) is 0 Å². The lowest BCUT2D eigenvalue weighted by molar-refractivity contribution is 0.0698.